The van der Waals surface area contributed by atoms with Gasteiger partial charge in [0.15, 0.2) is 4.96 Å². The highest BCUT2D eigenvalue weighted by Crippen LogP contribution is 2.33. The molecule has 0 radical (unpaired) electrons. The number of fused-ring (bicyclic) bond motifs is 1. The summed E-state index contributed by atoms with van der Waals surface area (Å²) in [5.41, 5.74) is 3.28. The Kier molecular flexibility index (Phi) is 3.13. The molecule has 0 aromatic carbocycles. The van der Waals surface area contributed by atoms with Crippen molar-refractivity contribution in [3.63, 3.8) is 0 Å². The predicted molar refractivity (Wildman–Crippen MR) is 79.8 cm³/mol. The zero-order chi connectivity index (χ0) is 13.4. The summed E-state index contributed by atoms with van der Waals surface area (Å²) < 4.78 is 2.18. The molecule has 0 aliphatic carbocycles. The van der Waals surface area contributed by atoms with E-state index in [4.69, 9.17) is 10.2 Å². The lowest BCUT2D eigenvalue weighted by molar-refractivity contribution is 0.942. The minimum Gasteiger partial charge on any atom is -0.290 e. The number of thiophene rings is 1. The molecule has 96 valence electrons. The van der Waals surface area contributed by atoms with Crippen LogP contribution in [0.2, 0.25) is 0 Å². The maximum atomic E-state index is 9.11. The van der Waals surface area contributed by atoms with E-state index >= 15 is 0 Å². The highest BCUT2D eigenvalue weighted by Gasteiger charge is 2.19. The molecule has 5 heteroatoms. The first-order valence-corrected chi connectivity index (χ1v) is 7.86. The molecular formula is C14H13N3S2. The molecule has 0 bridgehead atoms. The molecule has 0 saturated heterocycles. The van der Waals surface area contributed by atoms with Gasteiger partial charge in [-0.2, -0.15) is 5.26 Å². The monoisotopic (exact) mass is 287 g/mol. The fraction of sp³-hybridized carbons (Fsp3) is 0.286. The highest BCUT2D eigenvalue weighted by molar-refractivity contribution is 7.17. The van der Waals surface area contributed by atoms with E-state index in [0.29, 0.717) is 6.42 Å². The summed E-state index contributed by atoms with van der Waals surface area (Å²) in [5, 5.41) is 11.2. The normalized spacial score (nSPS) is 11.0. The van der Waals surface area contributed by atoms with E-state index in [1.165, 1.54) is 10.6 Å². The van der Waals surface area contributed by atoms with Gasteiger partial charge < -0.3 is 0 Å². The van der Waals surface area contributed by atoms with E-state index in [2.05, 4.69) is 30.4 Å². The standard InChI is InChI=1S/C14H13N3S2/c1-3-10-9(2)19-14-16-13(12-5-4-8-18-12)11(6-7-15)17(10)14/h4-5,8H,3,6H2,1-2H3. The summed E-state index contributed by atoms with van der Waals surface area (Å²) in [5.74, 6) is 0. The Labute approximate surface area is 119 Å². The SMILES string of the molecule is CCc1c(C)sc2nc(-c3cccs3)c(CC#N)n12. The fourth-order valence-corrected chi connectivity index (χ4v) is 4.20. The molecule has 0 saturated carbocycles. The largest absolute Gasteiger partial charge is 0.290 e. The molecule has 3 aromatic rings. The van der Waals surface area contributed by atoms with Gasteiger partial charge >= 0.3 is 0 Å². The molecule has 19 heavy (non-hydrogen) atoms. The van der Waals surface area contributed by atoms with Crippen molar-refractivity contribution >= 4 is 27.6 Å². The van der Waals surface area contributed by atoms with Gasteiger partial charge in [0, 0.05) is 10.6 Å². The lowest BCUT2D eigenvalue weighted by atomic mass is 10.2. The van der Waals surface area contributed by atoms with Crippen LogP contribution >= 0.6 is 22.7 Å². The third-order valence-electron chi connectivity index (χ3n) is 3.20. The zero-order valence-electron chi connectivity index (χ0n) is 10.8. The Bertz CT molecular complexity index is 757. The average Bonchev–Trinajstić information content (AvgIpc) is 3.06. The quantitative estimate of drug-likeness (QED) is 0.729. The first kappa shape index (κ1) is 12.4. The zero-order valence-corrected chi connectivity index (χ0v) is 12.4. The molecule has 3 rings (SSSR count). The van der Waals surface area contributed by atoms with E-state index in [9.17, 15) is 0 Å². The van der Waals surface area contributed by atoms with Crippen LogP contribution in [0.3, 0.4) is 0 Å². The Morgan fingerprint density at radius 2 is 2.26 bits per heavy atom. The second-order valence-electron chi connectivity index (χ2n) is 4.30. The van der Waals surface area contributed by atoms with Crippen molar-refractivity contribution in [3.05, 3.63) is 33.8 Å². The molecule has 0 amide bonds. The molecule has 0 spiro atoms. The Hall–Kier alpha value is -1.64. The van der Waals surface area contributed by atoms with Gasteiger partial charge in [-0.15, -0.1) is 22.7 Å². The number of imidazole rings is 1. The first-order chi connectivity index (χ1) is 9.26. The topological polar surface area (TPSA) is 41.1 Å². The van der Waals surface area contributed by atoms with E-state index in [-0.39, 0.29) is 0 Å². The Balaban J connectivity index is 2.32. The van der Waals surface area contributed by atoms with Crippen LogP contribution in [0.5, 0.6) is 0 Å². The predicted octanol–water partition coefficient (Wildman–Crippen LogP) is 4.06. The maximum absolute atomic E-state index is 9.11. The highest BCUT2D eigenvalue weighted by atomic mass is 32.1. The van der Waals surface area contributed by atoms with E-state index in [0.717, 1.165) is 27.6 Å². The van der Waals surface area contributed by atoms with Crippen molar-refractivity contribution in [3.8, 4) is 16.6 Å². The van der Waals surface area contributed by atoms with Crippen LogP contribution in [0.4, 0.5) is 0 Å². The van der Waals surface area contributed by atoms with Crippen molar-refractivity contribution in [2.75, 3.05) is 0 Å². The maximum Gasteiger partial charge on any atom is 0.194 e. The van der Waals surface area contributed by atoms with E-state index in [1.807, 2.05) is 11.4 Å². The van der Waals surface area contributed by atoms with Crippen LogP contribution in [0.1, 0.15) is 23.2 Å². The Morgan fingerprint density at radius 3 is 2.89 bits per heavy atom. The fourth-order valence-electron chi connectivity index (χ4n) is 2.39. The van der Waals surface area contributed by atoms with Crippen molar-refractivity contribution in [1.82, 2.24) is 9.38 Å². The van der Waals surface area contributed by atoms with Gasteiger partial charge in [-0.1, -0.05) is 13.0 Å². The number of aryl methyl sites for hydroxylation is 2. The van der Waals surface area contributed by atoms with Gasteiger partial charge in [0.05, 0.1) is 23.1 Å². The van der Waals surface area contributed by atoms with Crippen molar-refractivity contribution in [1.29, 1.82) is 5.26 Å². The second-order valence-corrected chi connectivity index (χ2v) is 6.43. The third kappa shape index (κ3) is 1.88. The number of hydrogen-bond acceptors (Lipinski definition) is 4. The molecule has 3 nitrogen and oxygen atoms in total. The summed E-state index contributed by atoms with van der Waals surface area (Å²) in [6, 6.07) is 6.36. The minimum atomic E-state index is 0.400. The number of nitrogens with zero attached hydrogens (tertiary/aromatic N) is 3. The molecule has 0 aliphatic heterocycles. The molecule has 0 fully saturated rings. The number of thiazole rings is 1. The number of nitriles is 1. The van der Waals surface area contributed by atoms with Crippen LogP contribution in [0.25, 0.3) is 15.5 Å². The van der Waals surface area contributed by atoms with Gasteiger partial charge in [0.2, 0.25) is 0 Å². The first-order valence-electron chi connectivity index (χ1n) is 6.16. The Morgan fingerprint density at radius 1 is 1.42 bits per heavy atom. The van der Waals surface area contributed by atoms with Gasteiger partial charge in [-0.05, 0) is 24.8 Å². The van der Waals surface area contributed by atoms with Crippen LogP contribution in [-0.4, -0.2) is 9.38 Å². The molecule has 0 aliphatic rings. The van der Waals surface area contributed by atoms with Crippen LogP contribution in [-0.2, 0) is 12.8 Å². The summed E-state index contributed by atoms with van der Waals surface area (Å²) in [4.78, 5) is 8.18. The molecule has 0 N–H and O–H groups in total. The third-order valence-corrected chi connectivity index (χ3v) is 5.07. The van der Waals surface area contributed by atoms with Gasteiger partial charge in [0.25, 0.3) is 0 Å². The molecule has 3 aromatic heterocycles. The average molecular weight is 287 g/mol. The van der Waals surface area contributed by atoms with Crippen LogP contribution < -0.4 is 0 Å². The van der Waals surface area contributed by atoms with Crippen LogP contribution in [0, 0.1) is 18.3 Å². The van der Waals surface area contributed by atoms with Gasteiger partial charge in [-0.25, -0.2) is 4.98 Å². The smallest absolute Gasteiger partial charge is 0.194 e. The van der Waals surface area contributed by atoms with E-state index < -0.39 is 0 Å². The lowest BCUT2D eigenvalue weighted by Gasteiger charge is -2.02. The second kappa shape index (κ2) is 4.80. The van der Waals surface area contributed by atoms with Crippen molar-refractivity contribution in [2.45, 2.75) is 26.7 Å². The minimum absolute atomic E-state index is 0.400. The summed E-state index contributed by atoms with van der Waals surface area (Å²) in [7, 11) is 0. The molecule has 3 heterocycles. The molecular weight excluding hydrogens is 274 g/mol. The number of hydrogen-bond donors (Lipinski definition) is 0. The van der Waals surface area contributed by atoms with Crippen molar-refractivity contribution < 1.29 is 0 Å². The lowest BCUT2D eigenvalue weighted by Crippen LogP contribution is -1.97. The molecule has 0 atom stereocenters. The van der Waals surface area contributed by atoms with E-state index in [1.54, 1.807) is 22.7 Å². The summed E-state index contributed by atoms with van der Waals surface area (Å²) in [6.07, 6.45) is 1.36. The summed E-state index contributed by atoms with van der Waals surface area (Å²) in [6.45, 7) is 4.27. The van der Waals surface area contributed by atoms with Crippen molar-refractivity contribution in [2.24, 2.45) is 0 Å². The number of aromatic nitrogens is 2. The molecule has 0 unspecified atom stereocenters. The van der Waals surface area contributed by atoms with Gasteiger partial charge in [-0.3, -0.25) is 4.40 Å². The van der Waals surface area contributed by atoms with Crippen LogP contribution in [0.15, 0.2) is 17.5 Å². The number of rotatable bonds is 3. The summed E-state index contributed by atoms with van der Waals surface area (Å²) >= 11 is 3.38. The van der Waals surface area contributed by atoms with Gasteiger partial charge in [0.1, 0.15) is 5.69 Å².